The quantitative estimate of drug-likeness (QED) is 0.387. The Bertz CT molecular complexity index is 965. The number of para-hydroxylation sites is 1. The van der Waals surface area contributed by atoms with Crippen molar-refractivity contribution >= 4 is 51.1 Å². The maximum absolute atomic E-state index is 12.0. The van der Waals surface area contributed by atoms with Gasteiger partial charge in [-0.15, -0.1) is 0 Å². The minimum Gasteiger partial charge on any atom is -0.456 e. The summed E-state index contributed by atoms with van der Waals surface area (Å²) in [5.41, 5.74) is 3.99. The van der Waals surface area contributed by atoms with Crippen molar-refractivity contribution in [1.82, 2.24) is 4.98 Å². The van der Waals surface area contributed by atoms with Gasteiger partial charge in [0.1, 0.15) is 0 Å². The van der Waals surface area contributed by atoms with E-state index >= 15 is 0 Å². The van der Waals surface area contributed by atoms with E-state index in [-0.39, 0.29) is 24.9 Å². The number of benzene rings is 2. The summed E-state index contributed by atoms with van der Waals surface area (Å²) in [6, 6.07) is 13.8. The number of aromatic nitrogens is 1. The van der Waals surface area contributed by atoms with E-state index in [4.69, 9.17) is 4.74 Å². The number of fused-ring (bicyclic) bond motifs is 1. The van der Waals surface area contributed by atoms with Gasteiger partial charge < -0.3 is 15.0 Å². The minimum absolute atomic E-state index is 0.267. The minimum atomic E-state index is -0.357. The first kappa shape index (κ1) is 19.4. The first-order valence-corrected chi connectivity index (χ1v) is 9.87. The normalized spacial score (nSPS) is 10.7. The van der Waals surface area contributed by atoms with Crippen molar-refractivity contribution in [1.29, 1.82) is 0 Å². The molecule has 3 aromatic rings. The first-order chi connectivity index (χ1) is 13.0. The van der Waals surface area contributed by atoms with E-state index in [0.29, 0.717) is 6.42 Å². The molecule has 1 heterocycles. The number of halogens is 1. The Morgan fingerprint density at radius 1 is 1.19 bits per heavy atom. The number of H-pyrrole nitrogens is 1. The highest BCUT2D eigenvalue weighted by Gasteiger charge is 2.10. The number of hydrogen-bond donors (Lipinski definition) is 2. The van der Waals surface area contributed by atoms with Crippen LogP contribution >= 0.6 is 22.6 Å². The number of nitrogens with one attached hydrogen (secondary N) is 2. The molecule has 2 N–H and O–H groups in total. The number of carbonyl (C=O) groups excluding carboxylic acids is 2. The summed E-state index contributed by atoms with van der Waals surface area (Å²) in [5.74, 6) is -0.686. The monoisotopic (exact) mass is 476 g/mol. The average Bonchev–Trinajstić information content (AvgIpc) is 3.06. The third kappa shape index (κ3) is 5.32. The Balaban J connectivity index is 1.41. The second-order valence-corrected chi connectivity index (χ2v) is 7.63. The zero-order chi connectivity index (χ0) is 19.2. The highest BCUT2D eigenvalue weighted by Crippen LogP contribution is 2.20. The molecule has 0 fully saturated rings. The van der Waals surface area contributed by atoms with Gasteiger partial charge in [0, 0.05) is 32.8 Å². The zero-order valence-corrected chi connectivity index (χ0v) is 17.2. The van der Waals surface area contributed by atoms with Gasteiger partial charge in [-0.2, -0.15) is 0 Å². The third-order valence-electron chi connectivity index (χ3n) is 4.33. The van der Waals surface area contributed by atoms with Gasteiger partial charge in [0.2, 0.25) is 0 Å². The lowest BCUT2D eigenvalue weighted by molar-refractivity contribution is -0.147. The second kappa shape index (κ2) is 9.03. The second-order valence-electron chi connectivity index (χ2n) is 6.38. The summed E-state index contributed by atoms with van der Waals surface area (Å²) in [6.45, 7) is 1.66. The number of esters is 1. The smallest absolute Gasteiger partial charge is 0.306 e. The molecule has 0 bridgehead atoms. The number of aromatic amines is 1. The van der Waals surface area contributed by atoms with Crippen LogP contribution in [-0.2, 0) is 20.7 Å². The molecule has 6 heteroatoms. The fourth-order valence-electron chi connectivity index (χ4n) is 2.93. The molecule has 0 radical (unpaired) electrons. The molecule has 0 unspecified atom stereocenters. The molecule has 2 aromatic carbocycles. The Hall–Kier alpha value is -2.35. The lowest BCUT2D eigenvalue weighted by Crippen LogP contribution is -2.21. The molecule has 0 atom stereocenters. The van der Waals surface area contributed by atoms with Crippen molar-refractivity contribution < 1.29 is 14.3 Å². The standard InChI is InChI=1S/C21H21IN2O3/c1-14-11-16(22)9-10-18(14)24-20(25)13-27-21(26)8-4-5-15-12-23-19-7-3-2-6-17(15)19/h2-3,6-7,9-12,23H,4-5,8,13H2,1H3,(H,24,25). The molecular weight excluding hydrogens is 455 g/mol. The van der Waals surface area contributed by atoms with Crippen molar-refractivity contribution in [3.63, 3.8) is 0 Å². The van der Waals surface area contributed by atoms with Crippen molar-refractivity contribution in [2.75, 3.05) is 11.9 Å². The van der Waals surface area contributed by atoms with Gasteiger partial charge in [0.15, 0.2) is 6.61 Å². The van der Waals surface area contributed by atoms with Gasteiger partial charge in [-0.05, 0) is 77.7 Å². The van der Waals surface area contributed by atoms with Gasteiger partial charge in [0.25, 0.3) is 5.91 Å². The molecule has 0 saturated heterocycles. The van der Waals surface area contributed by atoms with Crippen molar-refractivity contribution in [3.8, 4) is 0 Å². The number of anilines is 1. The first-order valence-electron chi connectivity index (χ1n) is 8.79. The molecule has 0 saturated carbocycles. The fraction of sp³-hybridized carbons (Fsp3) is 0.238. The van der Waals surface area contributed by atoms with E-state index in [0.717, 1.165) is 26.8 Å². The molecule has 1 amide bonds. The predicted octanol–water partition coefficient (Wildman–Crippen LogP) is 4.59. The lowest BCUT2D eigenvalue weighted by atomic mass is 10.1. The van der Waals surface area contributed by atoms with Crippen LogP contribution in [0.4, 0.5) is 5.69 Å². The summed E-state index contributed by atoms with van der Waals surface area (Å²) in [7, 11) is 0. The number of hydrogen-bond acceptors (Lipinski definition) is 3. The largest absolute Gasteiger partial charge is 0.456 e. The summed E-state index contributed by atoms with van der Waals surface area (Å²) in [4.78, 5) is 27.1. The van der Waals surface area contributed by atoms with E-state index in [1.807, 2.05) is 49.5 Å². The maximum atomic E-state index is 12.0. The molecule has 1 aromatic heterocycles. The average molecular weight is 476 g/mol. The van der Waals surface area contributed by atoms with Crippen LogP contribution in [0, 0.1) is 10.5 Å². The van der Waals surface area contributed by atoms with Crippen LogP contribution in [0.15, 0.2) is 48.7 Å². The predicted molar refractivity (Wildman–Crippen MR) is 115 cm³/mol. The van der Waals surface area contributed by atoms with Gasteiger partial charge >= 0.3 is 5.97 Å². The Morgan fingerprint density at radius 2 is 2.00 bits per heavy atom. The van der Waals surface area contributed by atoms with Gasteiger partial charge in [-0.25, -0.2) is 0 Å². The van der Waals surface area contributed by atoms with Crippen LogP contribution in [0.5, 0.6) is 0 Å². The molecule has 0 spiro atoms. The SMILES string of the molecule is Cc1cc(I)ccc1NC(=O)COC(=O)CCCc1c[nH]c2ccccc12. The molecule has 5 nitrogen and oxygen atoms in total. The molecule has 0 aliphatic rings. The van der Waals surface area contributed by atoms with Crippen molar-refractivity contribution in [2.45, 2.75) is 26.2 Å². The topological polar surface area (TPSA) is 71.2 Å². The highest BCUT2D eigenvalue weighted by molar-refractivity contribution is 14.1. The van der Waals surface area contributed by atoms with Crippen LogP contribution < -0.4 is 5.32 Å². The maximum Gasteiger partial charge on any atom is 0.306 e. The van der Waals surface area contributed by atoms with Gasteiger partial charge in [-0.1, -0.05) is 18.2 Å². The van der Waals surface area contributed by atoms with Crippen LogP contribution in [-0.4, -0.2) is 23.5 Å². The molecular formula is C21H21IN2O3. The number of ether oxygens (including phenoxy) is 1. The van der Waals surface area contributed by atoms with Gasteiger partial charge in [-0.3, -0.25) is 9.59 Å². The van der Waals surface area contributed by atoms with Crippen molar-refractivity contribution in [2.24, 2.45) is 0 Å². The summed E-state index contributed by atoms with van der Waals surface area (Å²) < 4.78 is 6.19. The Labute approximate surface area is 171 Å². The molecule has 3 rings (SSSR count). The summed E-state index contributed by atoms with van der Waals surface area (Å²) >= 11 is 2.22. The number of carbonyl (C=O) groups is 2. The van der Waals surface area contributed by atoms with E-state index in [9.17, 15) is 9.59 Å². The van der Waals surface area contributed by atoms with Crippen molar-refractivity contribution in [3.05, 3.63) is 63.4 Å². The lowest BCUT2D eigenvalue weighted by Gasteiger charge is -2.09. The molecule has 140 valence electrons. The summed E-state index contributed by atoms with van der Waals surface area (Å²) in [6.07, 6.45) is 3.73. The van der Waals surface area contributed by atoms with Gasteiger partial charge in [0.05, 0.1) is 0 Å². The molecule has 0 aliphatic carbocycles. The molecule has 0 aliphatic heterocycles. The van der Waals surface area contributed by atoms with Crippen LogP contribution in [0.1, 0.15) is 24.0 Å². The highest BCUT2D eigenvalue weighted by atomic mass is 127. The third-order valence-corrected chi connectivity index (χ3v) is 5.00. The fourth-order valence-corrected chi connectivity index (χ4v) is 3.58. The number of aryl methyl sites for hydroxylation is 2. The Morgan fingerprint density at radius 3 is 2.81 bits per heavy atom. The van der Waals surface area contributed by atoms with Crippen LogP contribution in [0.25, 0.3) is 10.9 Å². The number of rotatable bonds is 7. The number of amides is 1. The summed E-state index contributed by atoms with van der Waals surface area (Å²) in [5, 5.41) is 3.95. The Kier molecular flexibility index (Phi) is 6.49. The van der Waals surface area contributed by atoms with E-state index in [2.05, 4.69) is 39.0 Å². The van der Waals surface area contributed by atoms with Crippen LogP contribution in [0.2, 0.25) is 0 Å². The molecule has 27 heavy (non-hydrogen) atoms. The van der Waals surface area contributed by atoms with Crippen LogP contribution in [0.3, 0.4) is 0 Å². The zero-order valence-electron chi connectivity index (χ0n) is 15.0. The van der Waals surface area contributed by atoms with E-state index in [1.54, 1.807) is 0 Å². The van der Waals surface area contributed by atoms with E-state index in [1.165, 1.54) is 10.9 Å². The van der Waals surface area contributed by atoms with E-state index < -0.39 is 0 Å².